The van der Waals surface area contributed by atoms with Crippen molar-refractivity contribution in [3.8, 4) is 11.5 Å². The Morgan fingerprint density at radius 1 is 0.912 bits per heavy atom. The molecule has 0 aromatic heterocycles. The van der Waals surface area contributed by atoms with Gasteiger partial charge in [0.15, 0.2) is 12.4 Å². The molecule has 0 atom stereocenters. The van der Waals surface area contributed by atoms with Gasteiger partial charge in [-0.1, -0.05) is 37.9 Å². The molecule has 6 nitrogen and oxygen atoms in total. The van der Waals surface area contributed by atoms with Gasteiger partial charge < -0.3 is 9.47 Å². The molecule has 3 aromatic carbocycles. The van der Waals surface area contributed by atoms with Crippen molar-refractivity contribution in [3.63, 3.8) is 0 Å². The number of nitrogens with one attached hydrogen (secondary N) is 1. The largest absolute Gasteiger partial charge is 0.481 e. The maximum atomic E-state index is 13.5. The van der Waals surface area contributed by atoms with E-state index < -0.39 is 17.7 Å². The molecule has 176 valence electrons. The highest BCUT2D eigenvalue weighted by atomic mass is 79.9. The number of benzene rings is 3. The average molecular weight is 787 g/mol. The Morgan fingerprint density at radius 2 is 1.53 bits per heavy atom. The molecule has 0 unspecified atom stereocenters. The molecule has 0 aliphatic carbocycles. The first-order valence-corrected chi connectivity index (χ1v) is 13.2. The van der Waals surface area contributed by atoms with Gasteiger partial charge in [-0.2, -0.15) is 5.10 Å². The molecule has 0 saturated carbocycles. The maximum absolute atomic E-state index is 13.5. The summed E-state index contributed by atoms with van der Waals surface area (Å²) in [4.78, 5) is 24.7. The number of hydrogen-bond acceptors (Lipinski definition) is 5. The Hall–Kier alpha value is -1.60. The van der Waals surface area contributed by atoms with E-state index in [9.17, 15) is 14.0 Å². The number of carbonyl (C=O) groups excluding carboxylic acids is 2. The Labute approximate surface area is 235 Å². The van der Waals surface area contributed by atoms with Crippen LogP contribution in [0.2, 0.25) is 0 Å². The molecule has 0 radical (unpaired) electrons. The molecule has 3 aromatic rings. The lowest BCUT2D eigenvalue weighted by atomic mass is 10.2. The van der Waals surface area contributed by atoms with Crippen molar-refractivity contribution in [1.82, 2.24) is 5.43 Å². The molecular formula is C22H12Br5FN2O4. The second-order valence-corrected chi connectivity index (χ2v) is 10.9. The minimum absolute atomic E-state index is 0.0495. The normalized spacial score (nSPS) is 10.9. The van der Waals surface area contributed by atoms with Gasteiger partial charge in [0.25, 0.3) is 5.91 Å². The summed E-state index contributed by atoms with van der Waals surface area (Å²) in [6, 6.07) is 12.0. The summed E-state index contributed by atoms with van der Waals surface area (Å²) in [5.41, 5.74) is 2.78. The summed E-state index contributed by atoms with van der Waals surface area (Å²) in [5, 5.41) is 3.92. The highest BCUT2D eigenvalue weighted by molar-refractivity contribution is 9.12. The molecule has 0 saturated heterocycles. The van der Waals surface area contributed by atoms with Crippen molar-refractivity contribution in [3.05, 3.63) is 87.8 Å². The summed E-state index contributed by atoms with van der Waals surface area (Å²) in [6.45, 7) is -0.292. The number of carbonyl (C=O) groups is 2. The van der Waals surface area contributed by atoms with Crippen LogP contribution in [0.3, 0.4) is 0 Å². The van der Waals surface area contributed by atoms with Crippen LogP contribution in [-0.2, 0) is 4.79 Å². The standard InChI is InChI=1S/C22H12Br5FN2O4/c23-13-4-12(20(16(25)6-13)34-22(32)11-2-1-3-15(28)5-11)9-29-30-19(31)10-33-21-17(26)7-14(24)8-18(21)27/h1-9H,10H2,(H,30,31)/b29-9-. The lowest BCUT2D eigenvalue weighted by molar-refractivity contribution is -0.123. The van der Waals surface area contributed by atoms with Gasteiger partial charge in [-0.25, -0.2) is 14.6 Å². The predicted molar refractivity (Wildman–Crippen MR) is 144 cm³/mol. The van der Waals surface area contributed by atoms with Crippen molar-refractivity contribution >= 4 is 97.7 Å². The number of halogens is 6. The summed E-state index contributed by atoms with van der Waals surface area (Å²) in [6.07, 6.45) is 1.31. The third kappa shape index (κ3) is 7.45. The van der Waals surface area contributed by atoms with E-state index in [2.05, 4.69) is 90.2 Å². The first-order chi connectivity index (χ1) is 16.1. The van der Waals surface area contributed by atoms with E-state index >= 15 is 0 Å². The highest BCUT2D eigenvalue weighted by Gasteiger charge is 2.16. The zero-order valence-electron chi connectivity index (χ0n) is 16.8. The number of amides is 1. The minimum Gasteiger partial charge on any atom is -0.481 e. The number of hydrazone groups is 1. The second kappa shape index (κ2) is 12.4. The van der Waals surface area contributed by atoms with Crippen molar-refractivity contribution in [2.45, 2.75) is 0 Å². The molecule has 0 heterocycles. The highest BCUT2D eigenvalue weighted by Crippen LogP contribution is 2.36. The van der Waals surface area contributed by atoms with Gasteiger partial charge in [-0.3, -0.25) is 4.79 Å². The zero-order valence-corrected chi connectivity index (χ0v) is 24.7. The Kier molecular flexibility index (Phi) is 9.84. The van der Waals surface area contributed by atoms with Crippen molar-refractivity contribution in [2.75, 3.05) is 6.61 Å². The summed E-state index contributed by atoms with van der Waals surface area (Å²) in [7, 11) is 0. The van der Waals surface area contributed by atoms with Crippen molar-refractivity contribution < 1.29 is 23.5 Å². The number of rotatable bonds is 7. The molecule has 1 amide bonds. The summed E-state index contributed by atoms with van der Waals surface area (Å²) < 4.78 is 27.7. The van der Waals surface area contributed by atoms with E-state index in [-0.39, 0.29) is 17.9 Å². The molecule has 0 bridgehead atoms. The summed E-state index contributed by atoms with van der Waals surface area (Å²) in [5.74, 6) is -1.21. The fraction of sp³-hybridized carbons (Fsp3) is 0.0455. The van der Waals surface area contributed by atoms with Crippen LogP contribution in [0.5, 0.6) is 11.5 Å². The molecule has 3 rings (SSSR count). The third-order valence-corrected chi connectivity index (χ3v) is 6.68. The Balaban J connectivity index is 1.69. The summed E-state index contributed by atoms with van der Waals surface area (Å²) >= 11 is 16.8. The number of hydrogen-bond donors (Lipinski definition) is 1. The van der Waals surface area contributed by atoms with Crippen LogP contribution in [0, 0.1) is 5.82 Å². The van der Waals surface area contributed by atoms with Gasteiger partial charge in [0.2, 0.25) is 0 Å². The van der Waals surface area contributed by atoms with E-state index in [1.54, 1.807) is 24.3 Å². The fourth-order valence-corrected chi connectivity index (χ4v) is 6.39. The molecule has 0 fully saturated rings. The van der Waals surface area contributed by atoms with Gasteiger partial charge >= 0.3 is 5.97 Å². The molecule has 12 heteroatoms. The maximum Gasteiger partial charge on any atom is 0.343 e. The van der Waals surface area contributed by atoms with E-state index in [1.807, 2.05) is 0 Å². The lowest BCUT2D eigenvalue weighted by Crippen LogP contribution is -2.24. The van der Waals surface area contributed by atoms with Crippen LogP contribution in [0.15, 0.2) is 76.0 Å². The third-order valence-electron chi connectivity index (χ3n) is 4.00. The smallest absolute Gasteiger partial charge is 0.343 e. The van der Waals surface area contributed by atoms with Crippen LogP contribution in [0.4, 0.5) is 4.39 Å². The van der Waals surface area contributed by atoms with E-state index in [4.69, 9.17) is 9.47 Å². The monoisotopic (exact) mass is 782 g/mol. The molecule has 34 heavy (non-hydrogen) atoms. The predicted octanol–water partition coefficient (Wildman–Crippen LogP) is 7.39. The van der Waals surface area contributed by atoms with Gasteiger partial charge in [-0.15, -0.1) is 0 Å². The molecule has 1 N–H and O–H groups in total. The van der Waals surface area contributed by atoms with E-state index in [0.29, 0.717) is 29.2 Å². The van der Waals surface area contributed by atoms with Gasteiger partial charge in [0.05, 0.1) is 25.2 Å². The number of nitrogens with zero attached hydrogens (tertiary/aromatic N) is 1. The topological polar surface area (TPSA) is 77.0 Å². The van der Waals surface area contributed by atoms with Crippen LogP contribution >= 0.6 is 79.6 Å². The van der Waals surface area contributed by atoms with Crippen LogP contribution in [0.1, 0.15) is 15.9 Å². The number of ether oxygens (including phenoxy) is 2. The average Bonchev–Trinajstić information content (AvgIpc) is 2.75. The minimum atomic E-state index is -0.750. The number of esters is 1. The van der Waals surface area contributed by atoms with Crippen LogP contribution in [-0.4, -0.2) is 24.7 Å². The molecule has 0 aliphatic rings. The van der Waals surface area contributed by atoms with Crippen molar-refractivity contribution in [1.29, 1.82) is 0 Å². The SMILES string of the molecule is O=C(COc1c(Br)cc(Br)cc1Br)N/N=C\c1cc(Br)cc(Br)c1OC(=O)c1cccc(F)c1. The van der Waals surface area contributed by atoms with E-state index in [0.717, 1.165) is 10.5 Å². The molecular weight excluding hydrogens is 775 g/mol. The fourth-order valence-electron chi connectivity index (χ4n) is 2.56. The Bertz CT molecular complexity index is 1260. The second-order valence-electron chi connectivity index (χ2n) is 6.49. The molecule has 0 aliphatic heterocycles. The van der Waals surface area contributed by atoms with Crippen LogP contribution in [0.25, 0.3) is 0 Å². The Morgan fingerprint density at radius 3 is 2.18 bits per heavy atom. The quantitative estimate of drug-likeness (QED) is 0.117. The van der Waals surface area contributed by atoms with Gasteiger partial charge in [0, 0.05) is 14.5 Å². The first-order valence-electron chi connectivity index (χ1n) is 9.20. The first kappa shape index (κ1) is 27.0. The molecule has 0 spiro atoms. The zero-order chi connectivity index (χ0) is 24.8. The van der Waals surface area contributed by atoms with E-state index in [1.165, 1.54) is 24.4 Å². The van der Waals surface area contributed by atoms with Crippen molar-refractivity contribution in [2.24, 2.45) is 5.10 Å². The van der Waals surface area contributed by atoms with Gasteiger partial charge in [0.1, 0.15) is 11.6 Å². The van der Waals surface area contributed by atoms with Gasteiger partial charge in [-0.05, 0) is 90.3 Å². The van der Waals surface area contributed by atoms with Crippen LogP contribution < -0.4 is 14.9 Å². The lowest BCUT2D eigenvalue weighted by Gasteiger charge is -2.11.